The number of hydrogen-bond donors (Lipinski definition) is 1. The van der Waals surface area contributed by atoms with E-state index in [-0.39, 0.29) is 10.7 Å². The third-order valence-corrected chi connectivity index (χ3v) is 1.37. The number of hydroxylamine groups is 1. The molecule has 0 rings (SSSR count). The highest BCUT2D eigenvalue weighted by atomic mass is 79.9. The molecule has 66 valence electrons. The number of hydrogen-bond acceptors (Lipinski definition) is 2. The van der Waals surface area contributed by atoms with Crippen LogP contribution in [-0.2, 0) is 9.63 Å². The average molecular weight is 224 g/mol. The van der Waals surface area contributed by atoms with E-state index < -0.39 is 0 Å². The molecule has 0 aromatic carbocycles. The molecule has 11 heavy (non-hydrogen) atoms. The number of rotatable bonds is 4. The van der Waals surface area contributed by atoms with E-state index in [0.717, 1.165) is 0 Å². The summed E-state index contributed by atoms with van der Waals surface area (Å²) in [4.78, 5) is 15.5. The normalized spacial score (nSPS) is 13.2. The Balaban J connectivity index is 3.32. The van der Waals surface area contributed by atoms with Gasteiger partial charge in [0, 0.05) is 0 Å². The summed E-state index contributed by atoms with van der Waals surface area (Å²) in [6.45, 7) is 6.33. The van der Waals surface area contributed by atoms with E-state index in [2.05, 4.69) is 21.4 Å². The van der Waals surface area contributed by atoms with Crippen LogP contribution in [0.2, 0.25) is 0 Å². The Kier molecular flexibility index (Phi) is 5.50. The maximum Gasteiger partial charge on any atom is 0.257 e. The number of halogens is 1. The lowest BCUT2D eigenvalue weighted by atomic mass is 10.2. The Labute approximate surface area is 75.6 Å². The van der Waals surface area contributed by atoms with Crippen molar-refractivity contribution in [1.82, 2.24) is 5.48 Å². The highest BCUT2D eigenvalue weighted by molar-refractivity contribution is 9.10. The fraction of sp³-hybridized carbons (Fsp3) is 0.857. The van der Waals surface area contributed by atoms with E-state index in [1.54, 1.807) is 6.92 Å². The summed E-state index contributed by atoms with van der Waals surface area (Å²) in [6, 6.07) is 0. The summed E-state index contributed by atoms with van der Waals surface area (Å²) >= 11 is 3.11. The van der Waals surface area contributed by atoms with Crippen LogP contribution in [0.25, 0.3) is 0 Å². The van der Waals surface area contributed by atoms with Crippen molar-refractivity contribution in [2.45, 2.75) is 25.6 Å². The molecule has 0 aliphatic rings. The average Bonchev–Trinajstić information content (AvgIpc) is 1.86. The maximum atomic E-state index is 10.8. The van der Waals surface area contributed by atoms with Gasteiger partial charge in [-0.05, 0) is 12.8 Å². The van der Waals surface area contributed by atoms with Gasteiger partial charge in [-0.2, -0.15) is 0 Å². The summed E-state index contributed by atoms with van der Waals surface area (Å²) in [5.74, 6) is 0.284. The molecule has 0 fully saturated rings. The van der Waals surface area contributed by atoms with Crippen LogP contribution in [0.3, 0.4) is 0 Å². The molecule has 0 spiro atoms. The summed E-state index contributed by atoms with van der Waals surface area (Å²) in [5.41, 5.74) is 2.33. The SMILES string of the molecule is CC(C)CONC(=O)C(C)Br. The van der Waals surface area contributed by atoms with Crippen molar-refractivity contribution in [3.8, 4) is 0 Å². The zero-order valence-electron chi connectivity index (χ0n) is 7.06. The third kappa shape index (κ3) is 6.31. The van der Waals surface area contributed by atoms with Crippen molar-refractivity contribution in [1.29, 1.82) is 0 Å². The minimum atomic E-state index is -0.199. The quantitative estimate of drug-likeness (QED) is 0.580. The molecule has 0 saturated heterocycles. The van der Waals surface area contributed by atoms with Crippen LogP contribution in [0.15, 0.2) is 0 Å². The zero-order chi connectivity index (χ0) is 8.85. The Morgan fingerprint density at radius 2 is 2.09 bits per heavy atom. The first-order valence-corrected chi connectivity index (χ1v) is 4.51. The molecule has 3 nitrogen and oxygen atoms in total. The largest absolute Gasteiger partial charge is 0.273 e. The van der Waals surface area contributed by atoms with E-state index in [9.17, 15) is 4.79 Å². The van der Waals surface area contributed by atoms with E-state index in [0.29, 0.717) is 12.5 Å². The Morgan fingerprint density at radius 1 is 1.55 bits per heavy atom. The molecule has 0 aromatic rings. The van der Waals surface area contributed by atoms with Crippen molar-refractivity contribution in [2.24, 2.45) is 5.92 Å². The molecule has 0 saturated carbocycles. The van der Waals surface area contributed by atoms with E-state index in [4.69, 9.17) is 4.84 Å². The molecule has 0 aliphatic carbocycles. The second-order valence-electron chi connectivity index (χ2n) is 2.79. The third-order valence-electron chi connectivity index (χ3n) is 0.951. The van der Waals surface area contributed by atoms with E-state index in [1.807, 2.05) is 13.8 Å². The van der Waals surface area contributed by atoms with Gasteiger partial charge in [-0.3, -0.25) is 9.63 Å². The van der Waals surface area contributed by atoms with Gasteiger partial charge in [0.2, 0.25) is 0 Å². The molecule has 1 amide bonds. The Hall–Kier alpha value is -0.0900. The minimum Gasteiger partial charge on any atom is -0.273 e. The van der Waals surface area contributed by atoms with E-state index in [1.165, 1.54) is 0 Å². The molecule has 0 aromatic heterocycles. The fourth-order valence-electron chi connectivity index (χ4n) is 0.361. The van der Waals surface area contributed by atoms with E-state index >= 15 is 0 Å². The number of carbonyl (C=O) groups excluding carboxylic acids is 1. The van der Waals surface area contributed by atoms with Gasteiger partial charge in [0.15, 0.2) is 0 Å². The second kappa shape index (κ2) is 5.55. The Morgan fingerprint density at radius 3 is 2.45 bits per heavy atom. The van der Waals surface area contributed by atoms with Crippen LogP contribution in [0.1, 0.15) is 20.8 Å². The summed E-state index contributed by atoms with van der Waals surface area (Å²) in [6.07, 6.45) is 0. The van der Waals surface area contributed by atoms with Gasteiger partial charge in [0.05, 0.1) is 11.4 Å². The molecule has 0 aliphatic heterocycles. The van der Waals surface area contributed by atoms with Gasteiger partial charge < -0.3 is 0 Å². The lowest BCUT2D eigenvalue weighted by molar-refractivity contribution is -0.133. The first-order valence-electron chi connectivity index (χ1n) is 3.59. The van der Waals surface area contributed by atoms with Crippen LogP contribution in [0.5, 0.6) is 0 Å². The first-order chi connectivity index (χ1) is 5.04. The molecule has 4 heteroatoms. The number of alkyl halides is 1. The lowest BCUT2D eigenvalue weighted by Gasteiger charge is -2.08. The standard InChI is InChI=1S/C7H14BrNO2/c1-5(2)4-11-9-7(10)6(3)8/h5-6H,4H2,1-3H3,(H,9,10). The molecule has 0 bridgehead atoms. The van der Waals surface area contributed by atoms with Crippen molar-refractivity contribution in [3.05, 3.63) is 0 Å². The molecule has 1 atom stereocenters. The molecule has 0 radical (unpaired) electrons. The smallest absolute Gasteiger partial charge is 0.257 e. The number of nitrogens with one attached hydrogen (secondary N) is 1. The summed E-state index contributed by atoms with van der Waals surface area (Å²) in [5, 5.41) is 0. The maximum absolute atomic E-state index is 10.8. The minimum absolute atomic E-state index is 0.148. The topological polar surface area (TPSA) is 38.3 Å². The fourth-order valence-corrected chi connectivity index (χ4v) is 0.454. The van der Waals surface area contributed by atoms with Gasteiger partial charge in [-0.15, -0.1) is 0 Å². The molecular formula is C7H14BrNO2. The summed E-state index contributed by atoms with van der Waals surface area (Å²) < 4.78 is 0. The van der Waals surface area contributed by atoms with Gasteiger partial charge in [0.1, 0.15) is 0 Å². The monoisotopic (exact) mass is 223 g/mol. The predicted molar refractivity (Wildman–Crippen MR) is 47.3 cm³/mol. The van der Waals surface area contributed by atoms with Gasteiger partial charge >= 0.3 is 0 Å². The molecule has 0 heterocycles. The van der Waals surface area contributed by atoms with Crippen LogP contribution in [0.4, 0.5) is 0 Å². The second-order valence-corrected chi connectivity index (χ2v) is 4.16. The predicted octanol–water partition coefficient (Wildman–Crippen LogP) is 1.47. The number of amides is 1. The van der Waals surface area contributed by atoms with Crippen LogP contribution in [-0.4, -0.2) is 17.3 Å². The van der Waals surface area contributed by atoms with Crippen molar-refractivity contribution in [3.63, 3.8) is 0 Å². The van der Waals surface area contributed by atoms with Crippen LogP contribution < -0.4 is 5.48 Å². The Bertz CT molecular complexity index is 126. The highest BCUT2D eigenvalue weighted by Gasteiger charge is 2.07. The zero-order valence-corrected chi connectivity index (χ0v) is 8.64. The summed E-state index contributed by atoms with van der Waals surface area (Å²) in [7, 11) is 0. The lowest BCUT2D eigenvalue weighted by Crippen LogP contribution is -2.30. The molecular weight excluding hydrogens is 210 g/mol. The first kappa shape index (κ1) is 10.9. The van der Waals surface area contributed by atoms with Crippen molar-refractivity contribution < 1.29 is 9.63 Å². The van der Waals surface area contributed by atoms with Crippen molar-refractivity contribution in [2.75, 3.05) is 6.61 Å². The molecule has 1 unspecified atom stereocenters. The van der Waals surface area contributed by atoms with Gasteiger partial charge in [-0.25, -0.2) is 5.48 Å². The number of carbonyl (C=O) groups is 1. The highest BCUT2D eigenvalue weighted by Crippen LogP contribution is 1.96. The van der Waals surface area contributed by atoms with Crippen LogP contribution in [0, 0.1) is 5.92 Å². The van der Waals surface area contributed by atoms with Crippen molar-refractivity contribution >= 4 is 21.8 Å². The van der Waals surface area contributed by atoms with Gasteiger partial charge in [-0.1, -0.05) is 29.8 Å². The van der Waals surface area contributed by atoms with Crippen LogP contribution >= 0.6 is 15.9 Å². The van der Waals surface area contributed by atoms with Gasteiger partial charge in [0.25, 0.3) is 5.91 Å². The molecule has 1 N–H and O–H groups in total.